The van der Waals surface area contributed by atoms with E-state index in [1.165, 1.54) is 0 Å². The van der Waals surface area contributed by atoms with E-state index in [0.29, 0.717) is 18.8 Å². The second-order valence-corrected chi connectivity index (χ2v) is 3.27. The smallest absolute Gasteiger partial charge is 0.455 e. The molecular weight excluding hydrogens is 245 g/mol. The number of esters is 1. The molecule has 0 spiro atoms. The second kappa shape index (κ2) is 5.82. The molecule has 2 N–H and O–H groups in total. The number of carbonyl (C=O) groups excluding carboxylic acids is 1. The van der Waals surface area contributed by atoms with Crippen LogP contribution >= 0.6 is 0 Å². The van der Waals surface area contributed by atoms with Crippen LogP contribution in [0.1, 0.15) is 0 Å². The zero-order valence-corrected chi connectivity index (χ0v) is 8.66. The minimum Gasteiger partial charge on any atom is -0.455 e. The molecular formula is C8H11F3N2O4. The molecule has 1 unspecified atom stereocenters. The first-order valence-corrected chi connectivity index (χ1v) is 4.70. The lowest BCUT2D eigenvalue weighted by molar-refractivity contribution is -0.203. The number of halogens is 3. The Kier molecular flexibility index (Phi) is 4.70. The van der Waals surface area contributed by atoms with Gasteiger partial charge in [0, 0.05) is 13.1 Å². The summed E-state index contributed by atoms with van der Waals surface area (Å²) in [5.41, 5.74) is 0.672. The van der Waals surface area contributed by atoms with E-state index in [-0.39, 0.29) is 0 Å². The highest BCUT2D eigenvalue weighted by Gasteiger charge is 2.41. The fourth-order valence-electron chi connectivity index (χ4n) is 0.817. The lowest BCUT2D eigenvalue weighted by atomic mass is 10.2. The SMILES string of the molecule is O=C(OCC(CO)ON=C1CNC1)C(F)(F)F. The van der Waals surface area contributed by atoms with Crippen LogP contribution in [0, 0.1) is 0 Å². The Balaban J connectivity index is 2.29. The molecule has 0 bridgehead atoms. The van der Waals surface area contributed by atoms with Crippen LogP contribution in [0.4, 0.5) is 13.2 Å². The van der Waals surface area contributed by atoms with Crippen molar-refractivity contribution in [1.82, 2.24) is 5.32 Å². The van der Waals surface area contributed by atoms with Crippen molar-refractivity contribution >= 4 is 11.7 Å². The molecule has 98 valence electrons. The zero-order chi connectivity index (χ0) is 12.9. The number of ether oxygens (including phenoxy) is 1. The van der Waals surface area contributed by atoms with Gasteiger partial charge in [0.15, 0.2) is 6.10 Å². The minimum atomic E-state index is -5.05. The highest BCUT2D eigenvalue weighted by molar-refractivity contribution is 5.92. The molecule has 1 rings (SSSR count). The Hall–Kier alpha value is -1.35. The number of aliphatic hydroxyl groups is 1. The number of oxime groups is 1. The lowest BCUT2D eigenvalue weighted by Crippen LogP contribution is -2.43. The van der Waals surface area contributed by atoms with Crippen LogP contribution < -0.4 is 5.32 Å². The predicted octanol–water partition coefficient (Wildman–Crippen LogP) is -0.571. The number of carbonyl (C=O) groups is 1. The molecule has 0 aromatic carbocycles. The Labute approximate surface area is 94.4 Å². The molecule has 1 aliphatic heterocycles. The molecule has 1 saturated heterocycles. The lowest BCUT2D eigenvalue weighted by Gasteiger charge is -2.18. The van der Waals surface area contributed by atoms with Crippen LogP contribution in [0.5, 0.6) is 0 Å². The highest BCUT2D eigenvalue weighted by atomic mass is 19.4. The van der Waals surface area contributed by atoms with Crippen molar-refractivity contribution < 1.29 is 32.6 Å². The maximum Gasteiger partial charge on any atom is 0.490 e. The number of hydrogen-bond acceptors (Lipinski definition) is 6. The molecule has 6 nitrogen and oxygen atoms in total. The van der Waals surface area contributed by atoms with Gasteiger partial charge in [0.05, 0.1) is 12.3 Å². The first-order valence-electron chi connectivity index (χ1n) is 4.70. The zero-order valence-electron chi connectivity index (χ0n) is 8.66. The summed E-state index contributed by atoms with van der Waals surface area (Å²) < 4.78 is 39.2. The van der Waals surface area contributed by atoms with E-state index in [1.54, 1.807) is 0 Å². The number of nitrogens with one attached hydrogen (secondary N) is 1. The van der Waals surface area contributed by atoms with Crippen molar-refractivity contribution in [2.75, 3.05) is 26.3 Å². The number of aliphatic hydroxyl groups excluding tert-OH is 1. The maximum absolute atomic E-state index is 11.8. The molecule has 0 aromatic heterocycles. The molecule has 0 aliphatic carbocycles. The third-order valence-corrected chi connectivity index (χ3v) is 1.82. The van der Waals surface area contributed by atoms with Crippen molar-refractivity contribution in [3.63, 3.8) is 0 Å². The molecule has 0 saturated carbocycles. The van der Waals surface area contributed by atoms with Gasteiger partial charge in [0.2, 0.25) is 0 Å². The van der Waals surface area contributed by atoms with E-state index in [9.17, 15) is 18.0 Å². The predicted molar refractivity (Wildman–Crippen MR) is 49.3 cm³/mol. The van der Waals surface area contributed by atoms with E-state index in [4.69, 9.17) is 9.94 Å². The monoisotopic (exact) mass is 256 g/mol. The Morgan fingerprint density at radius 2 is 2.18 bits per heavy atom. The molecule has 0 aromatic rings. The van der Waals surface area contributed by atoms with Crippen molar-refractivity contribution in [1.29, 1.82) is 0 Å². The summed E-state index contributed by atoms with van der Waals surface area (Å²) in [5, 5.41) is 15.2. The minimum absolute atomic E-state index is 0.528. The fraction of sp³-hybridized carbons (Fsp3) is 0.750. The molecule has 1 atom stereocenters. The molecule has 1 heterocycles. The number of rotatable bonds is 5. The summed E-state index contributed by atoms with van der Waals surface area (Å²) in [7, 11) is 0. The van der Waals surface area contributed by atoms with Gasteiger partial charge in [-0.2, -0.15) is 13.2 Å². The summed E-state index contributed by atoms with van der Waals surface area (Å²) in [4.78, 5) is 15.1. The largest absolute Gasteiger partial charge is 0.490 e. The Bertz CT molecular complexity index is 300. The molecule has 9 heteroatoms. The molecule has 17 heavy (non-hydrogen) atoms. The normalized spacial score (nSPS) is 17.1. The second-order valence-electron chi connectivity index (χ2n) is 3.27. The molecule has 1 aliphatic rings. The van der Waals surface area contributed by atoms with E-state index < -0.39 is 31.5 Å². The number of alkyl halides is 3. The summed E-state index contributed by atoms with van der Waals surface area (Å²) >= 11 is 0. The van der Waals surface area contributed by atoms with Gasteiger partial charge in [0.25, 0.3) is 0 Å². The van der Waals surface area contributed by atoms with E-state index in [0.717, 1.165) is 0 Å². The van der Waals surface area contributed by atoms with Crippen LogP contribution in [0.15, 0.2) is 5.16 Å². The topological polar surface area (TPSA) is 80.2 Å². The van der Waals surface area contributed by atoms with Crippen LogP contribution in [0.3, 0.4) is 0 Å². The quantitative estimate of drug-likeness (QED) is 0.508. The average molecular weight is 256 g/mol. The van der Waals surface area contributed by atoms with Gasteiger partial charge < -0.3 is 20.0 Å². The van der Waals surface area contributed by atoms with Crippen molar-refractivity contribution in [2.45, 2.75) is 12.3 Å². The Morgan fingerprint density at radius 3 is 2.59 bits per heavy atom. The van der Waals surface area contributed by atoms with Crippen LogP contribution in [-0.4, -0.2) is 55.4 Å². The van der Waals surface area contributed by atoms with Crippen LogP contribution in [0.2, 0.25) is 0 Å². The first-order chi connectivity index (χ1) is 7.93. The van der Waals surface area contributed by atoms with Crippen molar-refractivity contribution in [3.05, 3.63) is 0 Å². The standard InChI is InChI=1S/C8H11F3N2O4/c9-8(10,11)7(15)16-4-6(3-14)17-13-5-1-12-2-5/h6,12,14H,1-4H2. The van der Waals surface area contributed by atoms with Gasteiger partial charge in [-0.25, -0.2) is 4.79 Å². The van der Waals surface area contributed by atoms with Crippen LogP contribution in [0.25, 0.3) is 0 Å². The van der Waals surface area contributed by atoms with Gasteiger partial charge in [-0.15, -0.1) is 0 Å². The average Bonchev–Trinajstić information content (AvgIpc) is 2.18. The van der Waals surface area contributed by atoms with Gasteiger partial charge in [-0.05, 0) is 0 Å². The summed E-state index contributed by atoms with van der Waals surface area (Å²) in [6, 6.07) is 0. The summed E-state index contributed by atoms with van der Waals surface area (Å²) in [6.45, 7) is -0.255. The van der Waals surface area contributed by atoms with Crippen molar-refractivity contribution in [3.8, 4) is 0 Å². The van der Waals surface area contributed by atoms with E-state index in [1.807, 2.05) is 0 Å². The molecule has 0 amide bonds. The van der Waals surface area contributed by atoms with E-state index >= 15 is 0 Å². The maximum atomic E-state index is 11.8. The molecule has 1 fully saturated rings. The van der Waals surface area contributed by atoms with Crippen molar-refractivity contribution in [2.24, 2.45) is 5.16 Å². The summed E-state index contributed by atoms with van der Waals surface area (Å²) in [5.74, 6) is -2.32. The third-order valence-electron chi connectivity index (χ3n) is 1.82. The number of hydrogen-bond donors (Lipinski definition) is 2. The Morgan fingerprint density at radius 1 is 1.53 bits per heavy atom. The first kappa shape index (κ1) is 13.7. The summed E-state index contributed by atoms with van der Waals surface area (Å²) in [6.07, 6.45) is -6.15. The fourth-order valence-corrected chi connectivity index (χ4v) is 0.817. The van der Waals surface area contributed by atoms with Gasteiger partial charge in [-0.3, -0.25) is 0 Å². The van der Waals surface area contributed by atoms with Gasteiger partial charge >= 0.3 is 12.1 Å². The molecule has 0 radical (unpaired) electrons. The van der Waals surface area contributed by atoms with Crippen LogP contribution in [-0.2, 0) is 14.4 Å². The number of nitrogens with zero attached hydrogens (tertiary/aromatic N) is 1. The van der Waals surface area contributed by atoms with E-state index in [2.05, 4.69) is 15.2 Å². The van der Waals surface area contributed by atoms with Gasteiger partial charge in [-0.1, -0.05) is 5.16 Å². The third kappa shape index (κ3) is 4.57. The highest BCUT2D eigenvalue weighted by Crippen LogP contribution is 2.16. The van der Waals surface area contributed by atoms with Gasteiger partial charge in [0.1, 0.15) is 6.61 Å².